The van der Waals surface area contributed by atoms with E-state index in [0.717, 1.165) is 6.07 Å². The Balaban J connectivity index is 2.50. The van der Waals surface area contributed by atoms with Crippen LogP contribution in [0.1, 0.15) is 6.92 Å². The molecular weight excluding hydrogens is 259 g/mol. The molecule has 0 heterocycles. The smallest absolute Gasteiger partial charge is 0.343 e. The van der Waals surface area contributed by atoms with Crippen molar-refractivity contribution in [3.05, 3.63) is 24.0 Å². The fourth-order valence-corrected chi connectivity index (χ4v) is 1.17. The number of anilines is 1. The lowest BCUT2D eigenvalue weighted by atomic mass is 10.3. The molecule has 8 heteroatoms. The van der Waals surface area contributed by atoms with E-state index < -0.39 is 24.4 Å². The van der Waals surface area contributed by atoms with E-state index in [4.69, 9.17) is 9.84 Å². The van der Waals surface area contributed by atoms with Crippen molar-refractivity contribution in [3.8, 4) is 5.75 Å². The average Bonchev–Trinajstić information content (AvgIpc) is 2.32. The normalized spacial score (nSPS) is 9.79. The van der Waals surface area contributed by atoms with E-state index >= 15 is 0 Å². The lowest BCUT2D eigenvalue weighted by Crippen LogP contribution is -2.30. The number of carbonyl (C=O) groups is 2. The first-order chi connectivity index (χ1) is 9.02. The van der Waals surface area contributed by atoms with Gasteiger partial charge in [-0.1, -0.05) is 0 Å². The minimum absolute atomic E-state index is 0.0792. The number of amides is 2. The maximum Gasteiger partial charge on any atom is 0.343 e. The molecular formula is C11H13FN2O5. The largest absolute Gasteiger partial charge is 0.491 e. The lowest BCUT2D eigenvalue weighted by Gasteiger charge is -2.09. The van der Waals surface area contributed by atoms with Crippen molar-refractivity contribution < 1.29 is 28.7 Å². The predicted octanol–water partition coefficient (Wildman–Crippen LogP) is 1.36. The van der Waals surface area contributed by atoms with Crippen molar-refractivity contribution in [3.63, 3.8) is 0 Å². The number of hydroxylamine groups is 1. The third-order valence-corrected chi connectivity index (χ3v) is 1.85. The molecule has 0 aliphatic heterocycles. The van der Waals surface area contributed by atoms with E-state index in [1.165, 1.54) is 12.1 Å². The summed E-state index contributed by atoms with van der Waals surface area (Å²) in [5.74, 6) is -1.77. The Morgan fingerprint density at radius 1 is 1.42 bits per heavy atom. The monoisotopic (exact) mass is 272 g/mol. The van der Waals surface area contributed by atoms with E-state index in [2.05, 4.69) is 10.2 Å². The van der Waals surface area contributed by atoms with Crippen LogP contribution in [0.3, 0.4) is 0 Å². The van der Waals surface area contributed by atoms with E-state index in [-0.39, 0.29) is 11.4 Å². The Morgan fingerprint density at radius 2 is 2.16 bits per heavy atom. The number of hydrogen-bond acceptors (Lipinski definition) is 4. The Labute approximate surface area is 108 Å². The Kier molecular flexibility index (Phi) is 5.55. The number of hydrogen-bond donors (Lipinski definition) is 3. The molecule has 0 fully saturated rings. The minimum atomic E-state index is -1.23. The quantitative estimate of drug-likeness (QED) is 0.679. The number of carbonyl (C=O) groups excluding carboxylic acids is 1. The molecule has 0 aliphatic carbocycles. The molecule has 7 nitrogen and oxygen atoms in total. The van der Waals surface area contributed by atoms with Crippen LogP contribution in [0.5, 0.6) is 5.75 Å². The van der Waals surface area contributed by atoms with Crippen molar-refractivity contribution in [2.45, 2.75) is 6.92 Å². The van der Waals surface area contributed by atoms with E-state index in [9.17, 15) is 14.0 Å². The highest BCUT2D eigenvalue weighted by Gasteiger charge is 2.07. The molecule has 0 radical (unpaired) electrons. The van der Waals surface area contributed by atoms with Crippen LogP contribution in [0.25, 0.3) is 0 Å². The summed E-state index contributed by atoms with van der Waals surface area (Å²) in [5, 5.41) is 10.5. The fourth-order valence-electron chi connectivity index (χ4n) is 1.17. The summed E-state index contributed by atoms with van der Waals surface area (Å²) >= 11 is 0. The van der Waals surface area contributed by atoms with Crippen molar-refractivity contribution >= 4 is 17.7 Å². The maximum atomic E-state index is 13.4. The van der Waals surface area contributed by atoms with Gasteiger partial charge in [-0.05, 0) is 19.1 Å². The molecule has 0 aliphatic rings. The molecule has 0 atom stereocenters. The van der Waals surface area contributed by atoms with Gasteiger partial charge in [0.2, 0.25) is 0 Å². The molecule has 0 saturated heterocycles. The molecule has 0 aromatic heterocycles. The Hall–Kier alpha value is -2.35. The van der Waals surface area contributed by atoms with Crippen LogP contribution in [-0.2, 0) is 9.63 Å². The average molecular weight is 272 g/mol. The lowest BCUT2D eigenvalue weighted by molar-refractivity contribution is -0.143. The molecule has 1 aromatic carbocycles. The summed E-state index contributed by atoms with van der Waals surface area (Å²) in [5.41, 5.74) is 2.02. The van der Waals surface area contributed by atoms with Crippen LogP contribution in [0.2, 0.25) is 0 Å². The number of benzene rings is 1. The summed E-state index contributed by atoms with van der Waals surface area (Å²) in [6.07, 6.45) is 0. The minimum Gasteiger partial charge on any atom is -0.491 e. The van der Waals surface area contributed by atoms with Gasteiger partial charge in [-0.2, -0.15) is 0 Å². The number of rotatable bonds is 6. The Bertz CT molecular complexity index is 466. The first-order valence-corrected chi connectivity index (χ1v) is 5.36. The zero-order valence-electron chi connectivity index (χ0n) is 10.1. The van der Waals surface area contributed by atoms with Crippen LogP contribution < -0.4 is 15.5 Å². The predicted molar refractivity (Wildman–Crippen MR) is 63.3 cm³/mol. The van der Waals surface area contributed by atoms with Crippen LogP contribution in [0, 0.1) is 5.82 Å². The summed E-state index contributed by atoms with van der Waals surface area (Å²) < 4.78 is 18.4. The van der Waals surface area contributed by atoms with E-state index in [1.807, 2.05) is 5.48 Å². The number of urea groups is 1. The molecule has 3 N–H and O–H groups in total. The van der Waals surface area contributed by atoms with E-state index in [1.54, 1.807) is 6.92 Å². The zero-order chi connectivity index (χ0) is 14.3. The third-order valence-electron chi connectivity index (χ3n) is 1.85. The SMILES string of the molecule is CCOc1ccc(NC(=O)NOCC(=O)O)cc1F. The van der Waals surface area contributed by atoms with Crippen LogP contribution in [0.15, 0.2) is 18.2 Å². The van der Waals surface area contributed by atoms with Crippen LogP contribution >= 0.6 is 0 Å². The fraction of sp³-hybridized carbons (Fsp3) is 0.273. The van der Waals surface area contributed by atoms with Crippen LogP contribution in [0.4, 0.5) is 14.9 Å². The molecule has 0 saturated carbocycles. The van der Waals surface area contributed by atoms with Gasteiger partial charge in [0.15, 0.2) is 18.2 Å². The summed E-state index contributed by atoms with van der Waals surface area (Å²) in [6, 6.07) is 3.06. The van der Waals surface area contributed by atoms with Crippen molar-refractivity contribution in [1.82, 2.24) is 5.48 Å². The number of halogens is 1. The van der Waals surface area contributed by atoms with Gasteiger partial charge in [-0.3, -0.25) is 4.84 Å². The van der Waals surface area contributed by atoms with Gasteiger partial charge in [-0.25, -0.2) is 19.5 Å². The second-order valence-corrected chi connectivity index (χ2v) is 3.32. The first-order valence-electron chi connectivity index (χ1n) is 5.36. The molecule has 0 spiro atoms. The summed E-state index contributed by atoms with van der Waals surface area (Å²) in [6.45, 7) is 1.37. The maximum absolute atomic E-state index is 13.4. The zero-order valence-corrected chi connectivity index (χ0v) is 10.1. The standard InChI is InChI=1S/C11H13FN2O5/c1-2-18-9-4-3-7(5-8(9)12)13-11(17)14-19-6-10(15)16/h3-5H,2,6H2,1H3,(H,15,16)(H2,13,14,17). The number of carboxylic acid groups (broad SMARTS) is 1. The molecule has 1 rings (SSSR count). The van der Waals surface area contributed by atoms with Crippen LogP contribution in [-0.4, -0.2) is 30.3 Å². The topological polar surface area (TPSA) is 96.9 Å². The number of aliphatic carboxylic acids is 1. The molecule has 1 aromatic rings. The number of ether oxygens (including phenoxy) is 1. The van der Waals surface area contributed by atoms with Crippen molar-refractivity contribution in [2.75, 3.05) is 18.5 Å². The molecule has 2 amide bonds. The highest BCUT2D eigenvalue weighted by atomic mass is 19.1. The molecule has 0 unspecified atom stereocenters. The van der Waals surface area contributed by atoms with Gasteiger partial charge in [0, 0.05) is 11.8 Å². The summed E-state index contributed by atoms with van der Waals surface area (Å²) in [4.78, 5) is 25.7. The van der Waals surface area contributed by atoms with Gasteiger partial charge >= 0.3 is 12.0 Å². The number of carboxylic acids is 1. The van der Waals surface area contributed by atoms with Gasteiger partial charge in [0.05, 0.1) is 6.61 Å². The highest BCUT2D eigenvalue weighted by molar-refractivity contribution is 5.88. The second kappa shape index (κ2) is 7.17. The number of nitrogens with one attached hydrogen (secondary N) is 2. The first kappa shape index (κ1) is 14.7. The van der Waals surface area contributed by atoms with Gasteiger partial charge < -0.3 is 15.2 Å². The van der Waals surface area contributed by atoms with Crippen molar-refractivity contribution in [2.24, 2.45) is 0 Å². The molecule has 0 bridgehead atoms. The Morgan fingerprint density at radius 3 is 2.74 bits per heavy atom. The van der Waals surface area contributed by atoms with Crippen molar-refractivity contribution in [1.29, 1.82) is 0 Å². The molecule has 104 valence electrons. The third kappa shape index (κ3) is 5.21. The van der Waals surface area contributed by atoms with E-state index in [0.29, 0.717) is 6.61 Å². The summed E-state index contributed by atoms with van der Waals surface area (Å²) in [7, 11) is 0. The second-order valence-electron chi connectivity index (χ2n) is 3.32. The highest BCUT2D eigenvalue weighted by Crippen LogP contribution is 2.20. The van der Waals surface area contributed by atoms with Gasteiger partial charge in [-0.15, -0.1) is 0 Å². The van der Waals surface area contributed by atoms with Gasteiger partial charge in [0.25, 0.3) is 0 Å². The van der Waals surface area contributed by atoms with Gasteiger partial charge in [0.1, 0.15) is 0 Å². The molecule has 19 heavy (non-hydrogen) atoms.